The van der Waals surface area contributed by atoms with E-state index >= 15 is 0 Å². The Morgan fingerprint density at radius 2 is 1.75 bits per heavy atom. The fourth-order valence-corrected chi connectivity index (χ4v) is 2.21. The molecule has 0 aliphatic carbocycles. The SMILES string of the molecule is CC(C)N(Cc1cccc(C=C(C#N)C#N)c1)C(C)C. The smallest absolute Gasteiger partial charge is 0.130 e. The Labute approximate surface area is 121 Å². The highest BCUT2D eigenvalue weighted by atomic mass is 15.2. The van der Waals surface area contributed by atoms with Gasteiger partial charge in [0.05, 0.1) is 0 Å². The van der Waals surface area contributed by atoms with E-state index in [0.29, 0.717) is 12.1 Å². The van der Waals surface area contributed by atoms with Gasteiger partial charge in [-0.1, -0.05) is 24.3 Å². The molecule has 0 spiro atoms. The van der Waals surface area contributed by atoms with Crippen molar-refractivity contribution >= 4 is 6.08 Å². The lowest BCUT2D eigenvalue weighted by Gasteiger charge is -2.30. The van der Waals surface area contributed by atoms with E-state index in [9.17, 15) is 0 Å². The van der Waals surface area contributed by atoms with Crippen LogP contribution in [0.1, 0.15) is 38.8 Å². The van der Waals surface area contributed by atoms with Gasteiger partial charge in [0.1, 0.15) is 17.7 Å². The van der Waals surface area contributed by atoms with Gasteiger partial charge in [0.2, 0.25) is 0 Å². The van der Waals surface area contributed by atoms with Crippen molar-refractivity contribution in [1.29, 1.82) is 10.5 Å². The number of rotatable bonds is 5. The number of benzene rings is 1. The minimum absolute atomic E-state index is 0.131. The molecule has 0 heterocycles. The lowest BCUT2D eigenvalue weighted by Crippen LogP contribution is -2.36. The van der Waals surface area contributed by atoms with Crippen LogP contribution < -0.4 is 0 Å². The predicted octanol–water partition coefficient (Wildman–Crippen LogP) is 3.74. The van der Waals surface area contributed by atoms with Crippen LogP contribution in [-0.4, -0.2) is 17.0 Å². The van der Waals surface area contributed by atoms with Crippen LogP contribution >= 0.6 is 0 Å². The van der Waals surface area contributed by atoms with Gasteiger partial charge >= 0.3 is 0 Å². The van der Waals surface area contributed by atoms with Crippen molar-refractivity contribution in [3.05, 3.63) is 41.0 Å². The zero-order valence-corrected chi connectivity index (χ0v) is 12.6. The van der Waals surface area contributed by atoms with Crippen molar-refractivity contribution in [3.63, 3.8) is 0 Å². The third-order valence-corrected chi connectivity index (χ3v) is 3.19. The van der Waals surface area contributed by atoms with Gasteiger partial charge in [-0.3, -0.25) is 4.90 Å². The van der Waals surface area contributed by atoms with E-state index in [1.807, 2.05) is 30.3 Å². The summed E-state index contributed by atoms with van der Waals surface area (Å²) in [6.07, 6.45) is 1.62. The van der Waals surface area contributed by atoms with E-state index in [1.165, 1.54) is 5.56 Å². The highest BCUT2D eigenvalue weighted by Crippen LogP contribution is 2.15. The molecule has 0 radical (unpaired) electrons. The van der Waals surface area contributed by atoms with Gasteiger partial charge in [-0.05, 0) is 44.9 Å². The van der Waals surface area contributed by atoms with Gasteiger partial charge in [0.15, 0.2) is 0 Å². The fraction of sp³-hybridized carbons (Fsp3) is 0.412. The normalized spacial score (nSPS) is 10.4. The number of allylic oxidation sites excluding steroid dienone is 1. The molecule has 0 aromatic heterocycles. The van der Waals surface area contributed by atoms with E-state index in [4.69, 9.17) is 10.5 Å². The molecule has 1 aromatic carbocycles. The molecule has 0 aliphatic heterocycles. The maximum atomic E-state index is 8.80. The van der Waals surface area contributed by atoms with Crippen LogP contribution in [0.5, 0.6) is 0 Å². The molecule has 3 nitrogen and oxygen atoms in total. The topological polar surface area (TPSA) is 50.8 Å². The van der Waals surface area contributed by atoms with Gasteiger partial charge in [-0.2, -0.15) is 10.5 Å². The summed E-state index contributed by atoms with van der Waals surface area (Å²) in [5.41, 5.74) is 2.22. The summed E-state index contributed by atoms with van der Waals surface area (Å²) in [6.45, 7) is 9.62. The Morgan fingerprint density at radius 3 is 2.25 bits per heavy atom. The van der Waals surface area contributed by atoms with Crippen LogP contribution in [0, 0.1) is 22.7 Å². The van der Waals surface area contributed by atoms with Crippen molar-refractivity contribution in [1.82, 2.24) is 4.90 Å². The predicted molar refractivity (Wildman–Crippen MR) is 81.5 cm³/mol. The van der Waals surface area contributed by atoms with Gasteiger partial charge in [-0.15, -0.1) is 0 Å². The number of hydrogen-bond donors (Lipinski definition) is 0. The van der Waals surface area contributed by atoms with Crippen LogP contribution in [0.15, 0.2) is 29.8 Å². The molecule has 0 aliphatic rings. The summed E-state index contributed by atoms with van der Waals surface area (Å²) in [6, 6.07) is 12.7. The van der Waals surface area contributed by atoms with Crippen molar-refractivity contribution in [2.75, 3.05) is 0 Å². The second-order valence-electron chi connectivity index (χ2n) is 5.39. The Kier molecular flexibility index (Phi) is 5.97. The minimum atomic E-state index is 0.131. The fourth-order valence-electron chi connectivity index (χ4n) is 2.21. The zero-order chi connectivity index (χ0) is 15.1. The lowest BCUT2D eigenvalue weighted by molar-refractivity contribution is 0.166. The third kappa shape index (κ3) is 4.53. The van der Waals surface area contributed by atoms with Gasteiger partial charge in [0, 0.05) is 18.6 Å². The highest BCUT2D eigenvalue weighted by Gasteiger charge is 2.13. The number of nitriles is 2. The molecule has 0 amide bonds. The van der Waals surface area contributed by atoms with Crippen LogP contribution in [0.3, 0.4) is 0 Å². The van der Waals surface area contributed by atoms with Crippen molar-refractivity contribution in [2.24, 2.45) is 0 Å². The standard InChI is InChI=1S/C17H21N3/c1-13(2)20(14(3)4)12-16-7-5-6-15(8-16)9-17(10-18)11-19/h5-9,13-14H,12H2,1-4H3. The zero-order valence-electron chi connectivity index (χ0n) is 12.6. The first-order valence-electron chi connectivity index (χ1n) is 6.84. The van der Waals surface area contributed by atoms with Crippen molar-refractivity contribution in [2.45, 2.75) is 46.3 Å². The first-order valence-corrected chi connectivity index (χ1v) is 6.84. The third-order valence-electron chi connectivity index (χ3n) is 3.19. The Morgan fingerprint density at radius 1 is 1.15 bits per heavy atom. The van der Waals surface area contributed by atoms with Crippen molar-refractivity contribution in [3.8, 4) is 12.1 Å². The first-order chi connectivity index (χ1) is 9.47. The quantitative estimate of drug-likeness (QED) is 0.764. The monoisotopic (exact) mass is 267 g/mol. The first kappa shape index (κ1) is 16.0. The maximum Gasteiger partial charge on any atom is 0.130 e. The van der Waals surface area contributed by atoms with Crippen LogP contribution in [0.25, 0.3) is 6.08 Å². The second kappa shape index (κ2) is 7.48. The lowest BCUT2D eigenvalue weighted by atomic mass is 10.1. The summed E-state index contributed by atoms with van der Waals surface area (Å²) in [5, 5.41) is 17.6. The molecule has 0 fully saturated rings. The number of hydrogen-bond acceptors (Lipinski definition) is 3. The summed E-state index contributed by atoms with van der Waals surface area (Å²) < 4.78 is 0. The summed E-state index contributed by atoms with van der Waals surface area (Å²) in [7, 11) is 0. The summed E-state index contributed by atoms with van der Waals surface area (Å²) in [5.74, 6) is 0. The molecule has 0 unspecified atom stereocenters. The van der Waals surface area contributed by atoms with E-state index in [-0.39, 0.29) is 5.57 Å². The van der Waals surface area contributed by atoms with Gasteiger partial charge in [-0.25, -0.2) is 0 Å². The van der Waals surface area contributed by atoms with E-state index in [1.54, 1.807) is 6.08 Å². The molecular formula is C17H21N3. The molecule has 1 aromatic rings. The van der Waals surface area contributed by atoms with Crippen molar-refractivity contribution < 1.29 is 0 Å². The van der Waals surface area contributed by atoms with Gasteiger partial charge in [0.25, 0.3) is 0 Å². The van der Waals surface area contributed by atoms with Crippen LogP contribution in [-0.2, 0) is 6.54 Å². The molecule has 0 atom stereocenters. The Hall–Kier alpha value is -2.10. The summed E-state index contributed by atoms with van der Waals surface area (Å²) >= 11 is 0. The second-order valence-corrected chi connectivity index (χ2v) is 5.39. The molecule has 1 rings (SSSR count). The highest BCUT2D eigenvalue weighted by molar-refractivity contribution is 5.62. The average molecular weight is 267 g/mol. The molecule has 0 N–H and O–H groups in total. The molecule has 0 bridgehead atoms. The molecule has 0 saturated heterocycles. The maximum absolute atomic E-state index is 8.80. The molecule has 104 valence electrons. The van der Waals surface area contributed by atoms with E-state index in [0.717, 1.165) is 12.1 Å². The van der Waals surface area contributed by atoms with E-state index < -0.39 is 0 Å². The molecule has 20 heavy (non-hydrogen) atoms. The average Bonchev–Trinajstić information content (AvgIpc) is 2.42. The molecule has 3 heteroatoms. The van der Waals surface area contributed by atoms with Crippen LogP contribution in [0.2, 0.25) is 0 Å². The Bertz CT molecular complexity index is 532. The van der Waals surface area contributed by atoms with E-state index in [2.05, 4.69) is 38.7 Å². The Balaban J connectivity index is 2.97. The summed E-state index contributed by atoms with van der Waals surface area (Å²) in [4.78, 5) is 2.40. The number of nitrogens with zero attached hydrogens (tertiary/aromatic N) is 3. The molecular weight excluding hydrogens is 246 g/mol. The van der Waals surface area contributed by atoms with Crippen LogP contribution in [0.4, 0.5) is 0 Å². The minimum Gasteiger partial charge on any atom is -0.294 e. The molecule has 0 saturated carbocycles. The van der Waals surface area contributed by atoms with Gasteiger partial charge < -0.3 is 0 Å². The largest absolute Gasteiger partial charge is 0.294 e.